The molecule has 2 aromatic carbocycles. The van der Waals surface area contributed by atoms with Crippen LogP contribution in [0.25, 0.3) is 17.4 Å². The van der Waals surface area contributed by atoms with Crippen LogP contribution in [-0.4, -0.2) is 13.0 Å². The van der Waals surface area contributed by atoms with Crippen LogP contribution in [-0.2, 0) is 4.79 Å². The summed E-state index contributed by atoms with van der Waals surface area (Å²) in [7, 11) is 1.52. The lowest BCUT2D eigenvalue weighted by atomic mass is 10.1. The van der Waals surface area contributed by atoms with Crippen molar-refractivity contribution in [1.29, 1.82) is 0 Å². The second-order valence-corrected chi connectivity index (χ2v) is 6.68. The van der Waals surface area contributed by atoms with Crippen LogP contribution in [0.15, 0.2) is 59.0 Å². The first-order valence-corrected chi connectivity index (χ1v) is 8.91. The zero-order valence-corrected chi connectivity index (χ0v) is 16.3. The van der Waals surface area contributed by atoms with Crippen molar-refractivity contribution in [2.45, 2.75) is 6.92 Å². The van der Waals surface area contributed by atoms with Crippen LogP contribution in [0.4, 0.5) is 5.69 Å². The Morgan fingerprint density at radius 2 is 1.93 bits per heavy atom. The summed E-state index contributed by atoms with van der Waals surface area (Å²) in [5.74, 6) is 1.42. The number of benzene rings is 2. The van der Waals surface area contributed by atoms with Crippen LogP contribution >= 0.6 is 23.2 Å². The van der Waals surface area contributed by atoms with Crippen molar-refractivity contribution in [3.63, 3.8) is 0 Å². The zero-order valence-electron chi connectivity index (χ0n) is 14.8. The van der Waals surface area contributed by atoms with E-state index < -0.39 is 0 Å². The van der Waals surface area contributed by atoms with Crippen molar-refractivity contribution in [2.75, 3.05) is 12.4 Å². The summed E-state index contributed by atoms with van der Waals surface area (Å²) < 4.78 is 11.0. The topological polar surface area (TPSA) is 51.5 Å². The first-order valence-electron chi connectivity index (χ1n) is 8.15. The summed E-state index contributed by atoms with van der Waals surface area (Å²) in [6.07, 6.45) is 2.97. The first-order chi connectivity index (χ1) is 13.0. The van der Waals surface area contributed by atoms with Gasteiger partial charge in [0.25, 0.3) is 0 Å². The number of ether oxygens (including phenoxy) is 1. The van der Waals surface area contributed by atoms with Gasteiger partial charge in [-0.2, -0.15) is 0 Å². The molecule has 3 aromatic rings. The second-order valence-electron chi connectivity index (χ2n) is 5.83. The molecule has 6 heteroatoms. The molecule has 27 heavy (non-hydrogen) atoms. The molecule has 0 aliphatic carbocycles. The Morgan fingerprint density at radius 1 is 1.11 bits per heavy atom. The highest BCUT2D eigenvalue weighted by molar-refractivity contribution is 6.31. The van der Waals surface area contributed by atoms with Crippen molar-refractivity contribution in [3.05, 3.63) is 76.0 Å². The fraction of sp³-hybridized carbons (Fsp3) is 0.0952. The molecule has 0 unspecified atom stereocenters. The number of halogens is 2. The number of anilines is 1. The first kappa shape index (κ1) is 19.1. The van der Waals surface area contributed by atoms with Crippen LogP contribution < -0.4 is 10.1 Å². The molecule has 0 radical (unpaired) electrons. The number of hydrogen-bond donors (Lipinski definition) is 1. The van der Waals surface area contributed by atoms with Gasteiger partial charge in [0.2, 0.25) is 5.91 Å². The van der Waals surface area contributed by atoms with E-state index in [9.17, 15) is 4.79 Å². The molecule has 0 saturated heterocycles. The predicted molar refractivity (Wildman–Crippen MR) is 110 cm³/mol. The summed E-state index contributed by atoms with van der Waals surface area (Å²) in [6, 6.07) is 14.3. The van der Waals surface area contributed by atoms with Crippen LogP contribution in [0, 0.1) is 6.92 Å². The van der Waals surface area contributed by atoms with E-state index in [1.807, 2.05) is 31.2 Å². The van der Waals surface area contributed by atoms with Gasteiger partial charge in [-0.25, -0.2) is 0 Å². The molecule has 4 nitrogen and oxygen atoms in total. The Morgan fingerprint density at radius 3 is 2.67 bits per heavy atom. The maximum atomic E-state index is 12.2. The SMILES string of the molecule is COc1ccc(Cl)cc1NC(=O)/C=C/c1ccc(-c2ccc(C)c(Cl)c2)o1. The number of rotatable bonds is 5. The van der Waals surface area contributed by atoms with Gasteiger partial charge < -0.3 is 14.5 Å². The van der Waals surface area contributed by atoms with Gasteiger partial charge in [0.1, 0.15) is 17.3 Å². The number of carbonyl (C=O) groups is 1. The maximum absolute atomic E-state index is 12.2. The highest BCUT2D eigenvalue weighted by atomic mass is 35.5. The lowest BCUT2D eigenvalue weighted by molar-refractivity contribution is -0.111. The van der Waals surface area contributed by atoms with Gasteiger partial charge in [-0.3, -0.25) is 4.79 Å². The number of hydrogen-bond acceptors (Lipinski definition) is 3. The standard InChI is InChI=1S/C21H17Cl2NO3/c1-13-3-4-14(11-17(13)23)19-9-6-16(27-19)7-10-21(25)24-18-12-15(22)5-8-20(18)26-2/h3-12H,1-2H3,(H,24,25)/b10-7+. The van der Waals surface area contributed by atoms with Gasteiger partial charge in [0, 0.05) is 21.7 Å². The largest absolute Gasteiger partial charge is 0.495 e. The highest BCUT2D eigenvalue weighted by Crippen LogP contribution is 2.28. The summed E-state index contributed by atoms with van der Waals surface area (Å²) in [5, 5.41) is 3.91. The summed E-state index contributed by atoms with van der Waals surface area (Å²) in [4.78, 5) is 12.2. The summed E-state index contributed by atoms with van der Waals surface area (Å²) in [6.45, 7) is 1.94. The highest BCUT2D eigenvalue weighted by Gasteiger charge is 2.08. The molecule has 1 heterocycles. The molecule has 138 valence electrons. The molecular weight excluding hydrogens is 385 g/mol. The zero-order chi connectivity index (χ0) is 19.4. The van der Waals surface area contributed by atoms with Crippen molar-refractivity contribution in [2.24, 2.45) is 0 Å². The molecule has 0 atom stereocenters. The molecule has 1 aromatic heterocycles. The quantitative estimate of drug-likeness (QED) is 0.516. The van der Waals surface area contributed by atoms with E-state index in [-0.39, 0.29) is 5.91 Å². The minimum atomic E-state index is -0.327. The number of methoxy groups -OCH3 is 1. The van der Waals surface area contributed by atoms with Gasteiger partial charge in [0.15, 0.2) is 0 Å². The summed E-state index contributed by atoms with van der Waals surface area (Å²) >= 11 is 12.1. The fourth-order valence-electron chi connectivity index (χ4n) is 2.45. The monoisotopic (exact) mass is 401 g/mol. The average Bonchev–Trinajstić information content (AvgIpc) is 3.11. The second kappa shape index (κ2) is 8.33. The van der Waals surface area contributed by atoms with E-state index >= 15 is 0 Å². The number of furan rings is 1. The van der Waals surface area contributed by atoms with Crippen molar-refractivity contribution in [1.82, 2.24) is 0 Å². The van der Waals surface area contributed by atoms with Gasteiger partial charge in [-0.05, 0) is 55.0 Å². The predicted octanol–water partition coefficient (Wildman–Crippen LogP) is 6.22. The van der Waals surface area contributed by atoms with E-state index in [1.165, 1.54) is 13.2 Å². The Bertz CT molecular complexity index is 1010. The molecule has 0 aliphatic rings. The molecule has 0 fully saturated rings. The molecule has 0 saturated carbocycles. The van der Waals surface area contributed by atoms with E-state index in [1.54, 1.807) is 30.3 Å². The van der Waals surface area contributed by atoms with Crippen LogP contribution in [0.3, 0.4) is 0 Å². The third kappa shape index (κ3) is 4.73. The number of aryl methyl sites for hydroxylation is 1. The van der Waals surface area contributed by atoms with E-state index in [0.717, 1.165) is 11.1 Å². The molecule has 0 spiro atoms. The Labute approximate surface area is 167 Å². The third-order valence-electron chi connectivity index (χ3n) is 3.90. The maximum Gasteiger partial charge on any atom is 0.248 e. The van der Waals surface area contributed by atoms with Gasteiger partial charge in [-0.1, -0.05) is 35.3 Å². The van der Waals surface area contributed by atoms with E-state index in [4.69, 9.17) is 32.4 Å². The van der Waals surface area contributed by atoms with Crippen molar-refractivity contribution >= 4 is 40.9 Å². The average molecular weight is 402 g/mol. The van der Waals surface area contributed by atoms with E-state index in [0.29, 0.717) is 33.0 Å². The molecule has 0 bridgehead atoms. The molecular formula is C21H17Cl2NO3. The Kier molecular flexibility index (Phi) is 5.89. The van der Waals surface area contributed by atoms with Gasteiger partial charge in [0.05, 0.1) is 12.8 Å². The van der Waals surface area contributed by atoms with Crippen molar-refractivity contribution < 1.29 is 13.9 Å². The van der Waals surface area contributed by atoms with Crippen LogP contribution in [0.5, 0.6) is 5.75 Å². The minimum absolute atomic E-state index is 0.327. The normalized spacial score (nSPS) is 11.0. The van der Waals surface area contributed by atoms with Gasteiger partial charge >= 0.3 is 0 Å². The third-order valence-corrected chi connectivity index (χ3v) is 4.54. The number of nitrogens with one attached hydrogen (secondary N) is 1. The Balaban J connectivity index is 1.71. The molecule has 3 rings (SSSR count). The lowest BCUT2D eigenvalue weighted by Crippen LogP contribution is -2.08. The van der Waals surface area contributed by atoms with Crippen LogP contribution in [0.1, 0.15) is 11.3 Å². The molecule has 0 aliphatic heterocycles. The van der Waals surface area contributed by atoms with Gasteiger partial charge in [-0.15, -0.1) is 0 Å². The number of amides is 1. The van der Waals surface area contributed by atoms with Crippen LogP contribution in [0.2, 0.25) is 10.0 Å². The lowest BCUT2D eigenvalue weighted by Gasteiger charge is -2.08. The fourth-order valence-corrected chi connectivity index (χ4v) is 2.81. The van der Waals surface area contributed by atoms with E-state index in [2.05, 4.69) is 5.32 Å². The number of carbonyl (C=O) groups excluding carboxylic acids is 1. The Hall–Kier alpha value is -2.69. The molecule has 1 N–H and O–H groups in total. The smallest absolute Gasteiger partial charge is 0.248 e. The van der Waals surface area contributed by atoms with Crippen molar-refractivity contribution in [3.8, 4) is 17.1 Å². The molecule has 1 amide bonds. The summed E-state index contributed by atoms with van der Waals surface area (Å²) in [5.41, 5.74) is 2.37. The minimum Gasteiger partial charge on any atom is -0.495 e.